The second-order valence-corrected chi connectivity index (χ2v) is 54.2. The number of unbranched alkanes of at least 4 members (excludes halogenated alkanes) is 6. The van der Waals surface area contributed by atoms with Gasteiger partial charge in [-0.25, -0.2) is 43.2 Å². The number of rotatable bonds is 55. The maximum absolute atomic E-state index is 12.6. The Morgan fingerprint density at radius 3 is 1.10 bits per heavy atom. The van der Waals surface area contributed by atoms with Crippen molar-refractivity contribution in [3.05, 3.63) is 296 Å². The van der Waals surface area contributed by atoms with E-state index in [9.17, 15) is 43.2 Å². The molecule has 8 aromatic rings. The highest BCUT2D eigenvalue weighted by atomic mass is 28.5. The molecule has 0 amide bonds. The van der Waals surface area contributed by atoms with E-state index in [0.717, 1.165) is 92.5 Å². The lowest BCUT2D eigenvalue weighted by Gasteiger charge is -2.41. The lowest BCUT2D eigenvalue weighted by Crippen LogP contribution is -2.62. The van der Waals surface area contributed by atoms with Crippen molar-refractivity contribution in [1.29, 1.82) is 5.26 Å². The van der Waals surface area contributed by atoms with Gasteiger partial charge in [0.1, 0.15) is 46.0 Å². The topological polar surface area (TPSA) is 334 Å². The number of hydrogen-bond donors (Lipinski definition) is 0. The van der Waals surface area contributed by atoms with Crippen LogP contribution in [0.4, 0.5) is 0 Å². The van der Waals surface area contributed by atoms with Crippen LogP contribution in [0.5, 0.6) is 46.0 Å². The summed E-state index contributed by atoms with van der Waals surface area (Å²) < 4.78 is 96.0. The maximum Gasteiger partial charge on any atom is 0.350 e. The van der Waals surface area contributed by atoms with Crippen LogP contribution in [0.2, 0.25) is 65.0 Å². The van der Waals surface area contributed by atoms with E-state index >= 15 is 0 Å². The number of carbonyl (C=O) groups is 9. The molecule has 1 fully saturated rings. The Bertz CT molecular complexity index is 5300. The largest absolute Gasteiger partial charge is 0.494 e. The van der Waals surface area contributed by atoms with Crippen molar-refractivity contribution in [2.24, 2.45) is 5.92 Å². The number of benzene rings is 8. The third-order valence-electron chi connectivity index (χ3n) is 20.9. The summed E-state index contributed by atoms with van der Waals surface area (Å²) in [6.45, 7) is 45.5. The molecule has 2 unspecified atom stereocenters. The van der Waals surface area contributed by atoms with Crippen LogP contribution in [0.25, 0.3) is 0 Å². The standard InChI is InChI=1S/C33H32O10.C31H40O5.C23H23NO5.C22H44O6Si5.6CH4/c1-4-30(34)40-20-6-18-38-26-12-8-24(9-13-26)32(36)42-28-16-17-29(23(3)22-28)43-33(37)25-10-14-27(15-11-25)39-19-7-21-41-31(35)5-2;1-3-9-24-10-12-25(13-11-24)26-14-20-29(21-15-26)36-31(33)27-16-18-28(19-17-27)34-22-7-5-6-8-23-35-30(32)4-2;1-2-22(25)28-16-6-4-3-5-15-27-20-13-9-19(10-14-20)23(26)29-21-11-7-18(17-24)8-12-21;1-20(2)22(23)24-18-15-19-29(25-30(3,4)5)26-32(9,10)28-33(11,27-31(6,7)8)21-16-13-12-14-17-21;;;;;;/h4-5,8-17,22H,1-2,6-7,18-21H2,3H3;4,14-21,24-25H,2-3,5-13,22-23H2,1H3;2,7-14H,1,3-6,15-16H2;12-14,16-17,29H,1,15,18-19H2,2-11H3;6*1H4. The molecule has 0 saturated heterocycles. The van der Waals surface area contributed by atoms with Gasteiger partial charge in [0.15, 0.2) is 16.6 Å². The number of carbonyl (C=O) groups excluding carboxylic acids is 9. The normalized spacial score (nSPS) is 12.6. The molecule has 1 aliphatic rings. The molecule has 0 bridgehead atoms. The maximum atomic E-state index is 12.6. The molecule has 0 spiro atoms. The molecule has 2 atom stereocenters. The highest BCUT2D eigenvalue weighted by Gasteiger charge is 2.46. The summed E-state index contributed by atoms with van der Waals surface area (Å²) in [7, 11) is -11.0. The summed E-state index contributed by atoms with van der Waals surface area (Å²) in [5.41, 5.74) is 4.41. The van der Waals surface area contributed by atoms with Crippen molar-refractivity contribution in [3.8, 4) is 52.1 Å². The fourth-order valence-corrected chi connectivity index (χ4v) is 33.2. The summed E-state index contributed by atoms with van der Waals surface area (Å²) in [5, 5.41) is 9.90. The zero-order chi connectivity index (χ0) is 103. The van der Waals surface area contributed by atoms with Gasteiger partial charge in [-0.05, 0) is 342 Å². The van der Waals surface area contributed by atoms with Gasteiger partial charge in [-0.15, -0.1) is 0 Å². The minimum Gasteiger partial charge on any atom is -0.494 e. The average Bonchev–Trinajstić information content (AvgIpc) is 0.789. The van der Waals surface area contributed by atoms with Gasteiger partial charge in [-0.1, -0.05) is 140 Å². The first-order valence-corrected chi connectivity index (χ1v) is 61.4. The van der Waals surface area contributed by atoms with Crippen LogP contribution in [0, 0.1) is 24.2 Å². The predicted molar refractivity (Wildman–Crippen MR) is 596 cm³/mol. The average molecular weight is 2120 g/mol. The van der Waals surface area contributed by atoms with Crippen LogP contribution in [-0.4, -0.2) is 156 Å². The summed E-state index contributed by atoms with van der Waals surface area (Å²) in [6, 6.07) is 58.8. The molecule has 9 rings (SSSR count). The second kappa shape index (κ2) is 72.6. The van der Waals surface area contributed by atoms with Crippen LogP contribution in [0.1, 0.15) is 232 Å². The minimum absolute atomic E-state index is 0. The van der Waals surface area contributed by atoms with E-state index in [1.165, 1.54) is 56.2 Å². The van der Waals surface area contributed by atoms with Gasteiger partial charge in [-0.2, -0.15) is 5.26 Å². The second-order valence-electron chi connectivity index (χ2n) is 35.6. The number of nitrogens with zero attached hydrogens (tertiary/aromatic N) is 1. The Kier molecular flexibility index (Phi) is 66.3. The molecule has 147 heavy (non-hydrogen) atoms. The molecule has 32 heteroatoms. The van der Waals surface area contributed by atoms with Gasteiger partial charge in [0.25, 0.3) is 0 Å². The van der Waals surface area contributed by atoms with Gasteiger partial charge in [-0.3, -0.25) is 0 Å². The molecule has 1 aliphatic carbocycles. The van der Waals surface area contributed by atoms with E-state index in [1.807, 2.05) is 36.4 Å². The molecule has 0 aromatic heterocycles. The van der Waals surface area contributed by atoms with E-state index in [0.29, 0.717) is 145 Å². The monoisotopic (exact) mass is 2110 g/mol. The SMILES string of the molecule is C.C.C.C.C.C.C=C(C)C(=O)OCCC[SiH](O[Si](C)(C)C)O[Si](C)(C)O[Si](C)(O[Si](C)(C)C)c1ccccc1.C=CC(=O)OCCCCCCOc1ccc(C(=O)Oc2ccc(C#N)cc2)cc1.C=CC(=O)OCCCCCCOc1ccc(C(=O)Oc2ccc(C3CCC(CCC)CC3)cc2)cc1.C=CC(=O)OCCCOc1ccc(C(=O)Oc2ccc(OC(=O)c3ccc(OCCCOC(=O)C=C)cc3)c(C)c2)cc1. The van der Waals surface area contributed by atoms with E-state index in [1.54, 1.807) is 147 Å². The number of nitriles is 1. The summed E-state index contributed by atoms with van der Waals surface area (Å²) in [4.78, 5) is 106. The number of aryl methyl sites for hydroxylation is 1. The van der Waals surface area contributed by atoms with Crippen LogP contribution in [0.3, 0.4) is 0 Å². The first kappa shape index (κ1) is 134. The fraction of sp³-hybridized carbons (Fsp3) is 0.409. The third kappa shape index (κ3) is 55.1. The third-order valence-corrected chi connectivity index (χ3v) is 37.9. The molecule has 0 aliphatic heterocycles. The molecule has 8 aromatic carbocycles. The Morgan fingerprint density at radius 2 is 0.735 bits per heavy atom. The summed E-state index contributed by atoms with van der Waals surface area (Å²) in [5.74, 6) is 1.55. The lowest BCUT2D eigenvalue weighted by atomic mass is 9.77. The van der Waals surface area contributed by atoms with Crippen molar-refractivity contribution in [3.63, 3.8) is 0 Å². The van der Waals surface area contributed by atoms with Crippen LogP contribution in [0.15, 0.2) is 257 Å². The van der Waals surface area contributed by atoms with Crippen LogP contribution < -0.4 is 43.1 Å². The molecule has 0 heterocycles. The number of hydrogen-bond acceptors (Lipinski definition) is 27. The zero-order valence-corrected chi connectivity index (χ0v) is 88.9. The van der Waals surface area contributed by atoms with Gasteiger partial charge in [0.05, 0.1) is 93.3 Å². The Morgan fingerprint density at radius 1 is 0.388 bits per heavy atom. The van der Waals surface area contributed by atoms with Gasteiger partial charge < -0.3 is 78.0 Å². The highest BCUT2D eigenvalue weighted by Crippen LogP contribution is 2.39. The van der Waals surface area contributed by atoms with E-state index in [4.69, 9.17) is 83.3 Å². The van der Waals surface area contributed by atoms with E-state index in [2.05, 4.69) is 123 Å². The smallest absolute Gasteiger partial charge is 0.350 e. The highest BCUT2D eigenvalue weighted by molar-refractivity contribution is 6.94. The number of esters is 9. The molecule has 1 saturated carbocycles. The molecule has 804 valence electrons. The Balaban J connectivity index is 0.00000193. The molecule has 0 N–H and O–H groups in total. The molecule has 0 radical (unpaired) electrons. The van der Waals surface area contributed by atoms with E-state index in [-0.39, 0.29) is 81.4 Å². The van der Waals surface area contributed by atoms with Crippen molar-refractivity contribution in [2.75, 3.05) is 59.5 Å². The van der Waals surface area contributed by atoms with Crippen LogP contribution >= 0.6 is 0 Å². The minimum atomic E-state index is -2.69. The van der Waals surface area contributed by atoms with Crippen molar-refractivity contribution in [2.45, 2.75) is 245 Å². The first-order valence-electron chi connectivity index (χ1n) is 47.7. The molecular weight excluding hydrogens is 1950 g/mol. The van der Waals surface area contributed by atoms with Gasteiger partial charge in [0.2, 0.25) is 0 Å². The molecule has 27 nitrogen and oxygen atoms in total. The van der Waals surface area contributed by atoms with Crippen molar-refractivity contribution < 1.29 is 121 Å². The van der Waals surface area contributed by atoms with Gasteiger partial charge in [0, 0.05) is 42.7 Å². The van der Waals surface area contributed by atoms with E-state index < -0.39 is 78.9 Å². The lowest BCUT2D eigenvalue weighted by molar-refractivity contribution is -0.139. The summed E-state index contributed by atoms with van der Waals surface area (Å²) >= 11 is 0. The summed E-state index contributed by atoms with van der Waals surface area (Å²) in [6.07, 6.45) is 21.4. The Hall–Kier alpha value is -12.7. The first-order chi connectivity index (χ1) is 67.4. The van der Waals surface area contributed by atoms with Crippen LogP contribution in [-0.2, 0) is 64.1 Å². The van der Waals surface area contributed by atoms with Crippen molar-refractivity contribution >= 4 is 102 Å². The van der Waals surface area contributed by atoms with Gasteiger partial charge >= 0.3 is 80.1 Å². The molecular formula is C115H163NO26Si5. The number of ether oxygens (including phenoxy) is 13. The van der Waals surface area contributed by atoms with Crippen molar-refractivity contribution in [1.82, 2.24) is 0 Å². The fourth-order valence-electron chi connectivity index (χ4n) is 14.1. The predicted octanol–water partition coefficient (Wildman–Crippen LogP) is 26.5. The quantitative estimate of drug-likeness (QED) is 0.00853. The zero-order valence-electron chi connectivity index (χ0n) is 83.7. The Labute approximate surface area is 881 Å².